The third-order valence-electron chi connectivity index (χ3n) is 3.82. The Morgan fingerprint density at radius 2 is 2.38 bits per heavy atom. The fourth-order valence-corrected chi connectivity index (χ4v) is 2.85. The molecule has 1 N–H and O–H groups in total. The number of carbonyl (C=O) groups is 1. The Labute approximate surface area is 124 Å². The highest BCUT2D eigenvalue weighted by atomic mass is 16.5. The van der Waals surface area contributed by atoms with E-state index in [1.165, 1.54) is 5.56 Å². The molecule has 112 valence electrons. The van der Waals surface area contributed by atoms with Gasteiger partial charge in [-0.05, 0) is 43.3 Å². The van der Waals surface area contributed by atoms with Crippen LogP contribution in [0.3, 0.4) is 0 Å². The Morgan fingerprint density at radius 1 is 1.57 bits per heavy atom. The molecule has 0 aromatic heterocycles. The van der Waals surface area contributed by atoms with Crippen LogP contribution in [0.5, 0.6) is 0 Å². The summed E-state index contributed by atoms with van der Waals surface area (Å²) < 4.78 is 5.28. The van der Waals surface area contributed by atoms with Crippen LogP contribution in [-0.2, 0) is 21.5 Å². The zero-order chi connectivity index (χ0) is 15.3. The SMILES string of the molecule is CCOC(=O)C1(NCCN=[N+]=[N-])CCc2ccc(C)cc21. The number of esters is 1. The van der Waals surface area contributed by atoms with Crippen molar-refractivity contribution in [2.45, 2.75) is 32.2 Å². The molecule has 1 atom stereocenters. The summed E-state index contributed by atoms with van der Waals surface area (Å²) in [6, 6.07) is 6.17. The van der Waals surface area contributed by atoms with Gasteiger partial charge in [0.25, 0.3) is 0 Å². The van der Waals surface area contributed by atoms with E-state index in [-0.39, 0.29) is 5.97 Å². The van der Waals surface area contributed by atoms with Gasteiger partial charge in [0.2, 0.25) is 0 Å². The molecule has 1 aliphatic rings. The van der Waals surface area contributed by atoms with Crippen LogP contribution in [0, 0.1) is 6.92 Å². The molecule has 0 fully saturated rings. The second-order valence-electron chi connectivity index (χ2n) is 5.17. The minimum Gasteiger partial charge on any atom is -0.464 e. The van der Waals surface area contributed by atoms with Crippen molar-refractivity contribution < 1.29 is 9.53 Å². The molecule has 6 nitrogen and oxygen atoms in total. The van der Waals surface area contributed by atoms with Crippen molar-refractivity contribution in [2.24, 2.45) is 5.11 Å². The van der Waals surface area contributed by atoms with E-state index in [1.807, 2.05) is 13.0 Å². The third-order valence-corrected chi connectivity index (χ3v) is 3.82. The summed E-state index contributed by atoms with van der Waals surface area (Å²) in [6.45, 7) is 4.90. The van der Waals surface area contributed by atoms with Gasteiger partial charge in [-0.25, -0.2) is 4.79 Å². The second kappa shape index (κ2) is 6.61. The van der Waals surface area contributed by atoms with E-state index in [9.17, 15) is 4.79 Å². The molecule has 0 aliphatic heterocycles. The molecule has 1 unspecified atom stereocenters. The lowest BCUT2D eigenvalue weighted by atomic mass is 9.90. The molecule has 6 heteroatoms. The summed E-state index contributed by atoms with van der Waals surface area (Å²) in [5.41, 5.74) is 10.8. The first-order valence-electron chi connectivity index (χ1n) is 7.17. The number of ether oxygens (including phenoxy) is 1. The molecular weight excluding hydrogens is 268 g/mol. The number of nitrogens with one attached hydrogen (secondary N) is 1. The molecule has 21 heavy (non-hydrogen) atoms. The monoisotopic (exact) mass is 288 g/mol. The highest BCUT2D eigenvalue weighted by Crippen LogP contribution is 2.38. The molecule has 1 aromatic carbocycles. The van der Waals surface area contributed by atoms with Crippen LogP contribution in [0.25, 0.3) is 10.4 Å². The van der Waals surface area contributed by atoms with Gasteiger partial charge in [-0.15, -0.1) is 0 Å². The van der Waals surface area contributed by atoms with Crippen molar-refractivity contribution in [3.63, 3.8) is 0 Å². The lowest BCUT2D eigenvalue weighted by Gasteiger charge is -2.29. The summed E-state index contributed by atoms with van der Waals surface area (Å²) in [4.78, 5) is 15.2. The Balaban J connectivity index is 2.32. The molecule has 0 saturated heterocycles. The minimum absolute atomic E-state index is 0.254. The maximum absolute atomic E-state index is 12.5. The fraction of sp³-hybridized carbons (Fsp3) is 0.533. The predicted octanol–water partition coefficient (Wildman–Crippen LogP) is 2.60. The number of carbonyl (C=O) groups excluding carboxylic acids is 1. The maximum Gasteiger partial charge on any atom is 0.331 e. The third kappa shape index (κ3) is 3.01. The first kappa shape index (κ1) is 15.4. The van der Waals surface area contributed by atoms with E-state index in [1.54, 1.807) is 6.92 Å². The highest BCUT2D eigenvalue weighted by molar-refractivity contribution is 5.84. The van der Waals surface area contributed by atoms with Crippen LogP contribution in [0.2, 0.25) is 0 Å². The Bertz CT molecular complexity index is 581. The predicted molar refractivity (Wildman–Crippen MR) is 79.8 cm³/mol. The number of hydrogen-bond donors (Lipinski definition) is 1. The van der Waals surface area contributed by atoms with Gasteiger partial charge in [-0.1, -0.05) is 28.9 Å². The molecule has 0 amide bonds. The van der Waals surface area contributed by atoms with Crippen LogP contribution < -0.4 is 5.32 Å². The molecule has 0 radical (unpaired) electrons. The van der Waals surface area contributed by atoms with Crippen LogP contribution in [-0.4, -0.2) is 25.7 Å². The van der Waals surface area contributed by atoms with Gasteiger partial charge < -0.3 is 4.74 Å². The van der Waals surface area contributed by atoms with E-state index >= 15 is 0 Å². The van der Waals surface area contributed by atoms with Gasteiger partial charge in [0, 0.05) is 18.0 Å². The van der Waals surface area contributed by atoms with Gasteiger partial charge in [-0.3, -0.25) is 5.32 Å². The number of hydrogen-bond acceptors (Lipinski definition) is 4. The first-order valence-corrected chi connectivity index (χ1v) is 7.17. The van der Waals surface area contributed by atoms with E-state index < -0.39 is 5.54 Å². The van der Waals surface area contributed by atoms with E-state index in [0.717, 1.165) is 17.5 Å². The minimum atomic E-state index is -0.817. The summed E-state index contributed by atoms with van der Waals surface area (Å²) in [5, 5.41) is 6.77. The zero-order valence-electron chi connectivity index (χ0n) is 12.4. The van der Waals surface area contributed by atoms with Gasteiger partial charge in [-0.2, -0.15) is 0 Å². The molecule has 0 spiro atoms. The summed E-state index contributed by atoms with van der Waals surface area (Å²) >= 11 is 0. The number of benzene rings is 1. The van der Waals surface area contributed by atoms with E-state index in [4.69, 9.17) is 10.3 Å². The molecule has 1 aromatic rings. The Morgan fingerprint density at radius 3 is 3.10 bits per heavy atom. The fourth-order valence-electron chi connectivity index (χ4n) is 2.85. The molecule has 0 saturated carbocycles. The topological polar surface area (TPSA) is 87.1 Å². The van der Waals surface area contributed by atoms with Crippen molar-refractivity contribution in [1.29, 1.82) is 0 Å². The lowest BCUT2D eigenvalue weighted by Crippen LogP contribution is -2.49. The molecule has 0 bridgehead atoms. The zero-order valence-corrected chi connectivity index (χ0v) is 12.4. The molecule has 2 rings (SSSR count). The van der Waals surface area contributed by atoms with Crippen molar-refractivity contribution >= 4 is 5.97 Å². The van der Waals surface area contributed by atoms with Crippen LogP contribution in [0.15, 0.2) is 23.3 Å². The van der Waals surface area contributed by atoms with Crippen LogP contribution >= 0.6 is 0 Å². The first-order chi connectivity index (χ1) is 10.1. The Hall–Kier alpha value is -2.04. The van der Waals surface area contributed by atoms with Crippen molar-refractivity contribution in [3.8, 4) is 0 Å². The van der Waals surface area contributed by atoms with Crippen molar-refractivity contribution in [2.75, 3.05) is 19.7 Å². The van der Waals surface area contributed by atoms with Gasteiger partial charge in [0.15, 0.2) is 0 Å². The summed E-state index contributed by atoms with van der Waals surface area (Å²) in [5.74, 6) is -0.254. The number of azide groups is 1. The van der Waals surface area contributed by atoms with Crippen LogP contribution in [0.1, 0.15) is 30.0 Å². The van der Waals surface area contributed by atoms with Crippen molar-refractivity contribution in [1.82, 2.24) is 5.32 Å². The Kier molecular flexibility index (Phi) is 4.83. The van der Waals surface area contributed by atoms with Gasteiger partial charge in [0.1, 0.15) is 5.54 Å². The standard InChI is InChI=1S/C15H20N4O2/c1-3-21-14(20)15(17-8-9-18-19-16)7-6-12-5-4-11(2)10-13(12)15/h4-5,10,17H,3,6-9H2,1-2H3. The molecule has 0 heterocycles. The largest absolute Gasteiger partial charge is 0.464 e. The van der Waals surface area contributed by atoms with E-state index in [0.29, 0.717) is 26.1 Å². The van der Waals surface area contributed by atoms with Gasteiger partial charge in [0.05, 0.1) is 6.61 Å². The van der Waals surface area contributed by atoms with Crippen LogP contribution in [0.4, 0.5) is 0 Å². The van der Waals surface area contributed by atoms with Crippen molar-refractivity contribution in [3.05, 3.63) is 45.3 Å². The smallest absolute Gasteiger partial charge is 0.331 e. The number of rotatable bonds is 6. The number of nitrogens with zero attached hydrogens (tertiary/aromatic N) is 3. The second-order valence-corrected chi connectivity index (χ2v) is 5.17. The molecule has 1 aliphatic carbocycles. The highest BCUT2D eigenvalue weighted by Gasteiger charge is 2.46. The summed E-state index contributed by atoms with van der Waals surface area (Å²) in [7, 11) is 0. The normalized spacial score (nSPS) is 19.7. The number of aryl methyl sites for hydroxylation is 2. The maximum atomic E-state index is 12.5. The average molecular weight is 288 g/mol. The lowest BCUT2D eigenvalue weighted by molar-refractivity contribution is -0.151. The van der Waals surface area contributed by atoms with E-state index in [2.05, 4.69) is 27.5 Å². The summed E-state index contributed by atoms with van der Waals surface area (Å²) in [6.07, 6.45) is 1.50. The average Bonchev–Trinajstić information content (AvgIpc) is 2.83. The quantitative estimate of drug-likeness (QED) is 0.287. The molecular formula is C15H20N4O2. The van der Waals surface area contributed by atoms with Gasteiger partial charge >= 0.3 is 5.97 Å². The number of fused-ring (bicyclic) bond motifs is 1.